The topological polar surface area (TPSA) is 77.8 Å². The highest BCUT2D eigenvalue weighted by molar-refractivity contribution is 8.00. The molecule has 0 radical (unpaired) electrons. The Balaban J connectivity index is 2.16. The Kier molecular flexibility index (Phi) is 4.54. The fourth-order valence-electron chi connectivity index (χ4n) is 2.38. The minimum absolute atomic E-state index is 0.0936. The monoisotopic (exact) mass is 295 g/mol. The van der Waals surface area contributed by atoms with Crippen LogP contribution in [-0.2, 0) is 9.59 Å². The summed E-state index contributed by atoms with van der Waals surface area (Å²) in [7, 11) is 0. The minimum atomic E-state index is -0.932. The van der Waals surface area contributed by atoms with Gasteiger partial charge in [-0.3, -0.25) is 9.59 Å². The van der Waals surface area contributed by atoms with Crippen LogP contribution in [0.25, 0.3) is 0 Å². The lowest BCUT2D eigenvalue weighted by molar-refractivity contribution is -0.133. The molecule has 0 fully saturated rings. The van der Waals surface area contributed by atoms with Crippen LogP contribution in [0.5, 0.6) is 5.75 Å². The van der Waals surface area contributed by atoms with Gasteiger partial charge in [0.1, 0.15) is 5.75 Å². The number of carboxylic acids is 1. The number of phenolic OH excluding ortho intramolecular Hbond substituents is 1. The molecule has 6 heteroatoms. The van der Waals surface area contributed by atoms with Crippen molar-refractivity contribution >= 4 is 29.3 Å². The van der Waals surface area contributed by atoms with Crippen LogP contribution in [0.15, 0.2) is 18.2 Å². The molecule has 1 aromatic carbocycles. The lowest BCUT2D eigenvalue weighted by Gasteiger charge is -2.33. The van der Waals surface area contributed by atoms with E-state index in [4.69, 9.17) is 5.11 Å². The zero-order valence-corrected chi connectivity index (χ0v) is 12.0. The number of thioether (sulfide) groups is 1. The molecule has 1 aliphatic rings. The minimum Gasteiger partial charge on any atom is -0.506 e. The number of carboxylic acid groups (broad SMARTS) is 1. The van der Waals surface area contributed by atoms with Crippen molar-refractivity contribution < 1.29 is 19.8 Å². The first kappa shape index (κ1) is 14.7. The van der Waals surface area contributed by atoms with Crippen LogP contribution < -0.4 is 4.90 Å². The summed E-state index contributed by atoms with van der Waals surface area (Å²) in [6, 6.07) is 5.27. The largest absolute Gasteiger partial charge is 0.506 e. The van der Waals surface area contributed by atoms with Crippen LogP contribution in [0.4, 0.5) is 5.69 Å². The van der Waals surface area contributed by atoms with Crippen molar-refractivity contribution in [3.05, 3.63) is 23.8 Å². The second kappa shape index (κ2) is 6.17. The lowest BCUT2D eigenvalue weighted by atomic mass is 9.91. The zero-order chi connectivity index (χ0) is 14.7. The van der Waals surface area contributed by atoms with E-state index in [1.807, 2.05) is 6.07 Å². The first-order valence-electron chi connectivity index (χ1n) is 6.42. The smallest absolute Gasteiger partial charge is 0.313 e. The van der Waals surface area contributed by atoms with Crippen molar-refractivity contribution in [3.63, 3.8) is 0 Å². The Bertz CT molecular complexity index is 532. The van der Waals surface area contributed by atoms with Crippen molar-refractivity contribution in [2.24, 2.45) is 0 Å². The number of phenols is 1. The van der Waals surface area contributed by atoms with Gasteiger partial charge in [0.05, 0.1) is 17.2 Å². The van der Waals surface area contributed by atoms with E-state index < -0.39 is 5.97 Å². The third-order valence-corrected chi connectivity index (χ3v) is 4.29. The molecule has 1 aromatic rings. The molecule has 1 atom stereocenters. The first-order chi connectivity index (χ1) is 9.50. The summed E-state index contributed by atoms with van der Waals surface area (Å²) < 4.78 is 0. The molecule has 0 spiro atoms. The third kappa shape index (κ3) is 3.07. The van der Waals surface area contributed by atoms with Gasteiger partial charge in [0.15, 0.2) is 0 Å². The highest BCUT2D eigenvalue weighted by Crippen LogP contribution is 2.40. The summed E-state index contributed by atoms with van der Waals surface area (Å²) in [5, 5.41) is 18.6. The van der Waals surface area contributed by atoms with Crippen LogP contribution in [-0.4, -0.2) is 40.1 Å². The zero-order valence-electron chi connectivity index (χ0n) is 11.2. The average Bonchev–Trinajstić information content (AvgIpc) is 2.39. The number of benzene rings is 1. The molecule has 0 saturated carbocycles. The maximum atomic E-state index is 12.2. The molecular weight excluding hydrogens is 278 g/mol. The van der Waals surface area contributed by atoms with Gasteiger partial charge in [-0.25, -0.2) is 0 Å². The summed E-state index contributed by atoms with van der Waals surface area (Å²) in [6.45, 7) is 2.62. The average molecular weight is 295 g/mol. The molecule has 2 N–H and O–H groups in total. The number of aromatic hydroxyl groups is 1. The number of aliphatic carboxylic acids is 1. The van der Waals surface area contributed by atoms with Crippen molar-refractivity contribution in [2.45, 2.75) is 19.3 Å². The number of carbonyl (C=O) groups excluding carboxylic acids is 1. The third-order valence-electron chi connectivity index (χ3n) is 3.38. The second-order valence-corrected chi connectivity index (χ2v) is 5.82. The molecule has 1 aliphatic heterocycles. The van der Waals surface area contributed by atoms with E-state index in [9.17, 15) is 14.7 Å². The summed E-state index contributed by atoms with van der Waals surface area (Å²) in [6.07, 6.45) is 0.839. The molecule has 0 saturated heterocycles. The highest BCUT2D eigenvalue weighted by atomic mass is 32.2. The Morgan fingerprint density at radius 1 is 1.40 bits per heavy atom. The molecule has 1 amide bonds. The summed E-state index contributed by atoms with van der Waals surface area (Å²) >= 11 is 1.07. The van der Waals surface area contributed by atoms with Gasteiger partial charge in [0.25, 0.3) is 0 Å². The van der Waals surface area contributed by atoms with Crippen LogP contribution in [0.1, 0.15) is 24.8 Å². The highest BCUT2D eigenvalue weighted by Gasteiger charge is 2.28. The number of amides is 1. The molecule has 2 rings (SSSR count). The Morgan fingerprint density at radius 2 is 2.15 bits per heavy atom. The van der Waals surface area contributed by atoms with E-state index >= 15 is 0 Å². The standard InChI is InChI=1S/C14H17NO4S/c1-9-5-6-15(12(17)7-20-8-13(18)19)14-10(9)3-2-4-11(14)16/h2-4,9,16H,5-8H2,1H3,(H,18,19). The predicted octanol–water partition coefficient (Wildman–Crippen LogP) is 2.05. The van der Waals surface area contributed by atoms with Crippen LogP contribution >= 0.6 is 11.8 Å². The number of hydrogen-bond acceptors (Lipinski definition) is 4. The van der Waals surface area contributed by atoms with Gasteiger partial charge in [-0.05, 0) is 24.0 Å². The number of anilines is 1. The van der Waals surface area contributed by atoms with Gasteiger partial charge in [-0.15, -0.1) is 11.8 Å². The number of nitrogens with zero attached hydrogens (tertiary/aromatic N) is 1. The summed E-state index contributed by atoms with van der Waals surface area (Å²) in [4.78, 5) is 24.2. The second-order valence-electron chi connectivity index (χ2n) is 4.84. The Labute approximate surface area is 121 Å². The first-order valence-corrected chi connectivity index (χ1v) is 7.58. The molecular formula is C14H17NO4S. The van der Waals surface area contributed by atoms with Gasteiger partial charge in [-0.1, -0.05) is 19.1 Å². The summed E-state index contributed by atoms with van der Waals surface area (Å²) in [5.41, 5.74) is 1.54. The van der Waals surface area contributed by atoms with Crippen molar-refractivity contribution in [2.75, 3.05) is 23.0 Å². The number of carbonyl (C=O) groups is 2. The Morgan fingerprint density at radius 3 is 2.85 bits per heavy atom. The Hall–Kier alpha value is -1.69. The van der Waals surface area contributed by atoms with E-state index in [2.05, 4.69) is 6.92 Å². The van der Waals surface area contributed by atoms with E-state index in [0.717, 1.165) is 23.7 Å². The molecule has 20 heavy (non-hydrogen) atoms. The van der Waals surface area contributed by atoms with Gasteiger partial charge in [-0.2, -0.15) is 0 Å². The van der Waals surface area contributed by atoms with Gasteiger partial charge in [0.2, 0.25) is 5.91 Å². The van der Waals surface area contributed by atoms with E-state index in [1.54, 1.807) is 17.0 Å². The fraction of sp³-hybridized carbons (Fsp3) is 0.429. The van der Waals surface area contributed by atoms with E-state index in [-0.39, 0.29) is 23.2 Å². The molecule has 0 aromatic heterocycles. The molecule has 0 bridgehead atoms. The predicted molar refractivity (Wildman–Crippen MR) is 78.5 cm³/mol. The van der Waals surface area contributed by atoms with Gasteiger partial charge >= 0.3 is 5.97 Å². The van der Waals surface area contributed by atoms with Gasteiger partial charge < -0.3 is 15.1 Å². The van der Waals surface area contributed by atoms with Gasteiger partial charge in [0, 0.05) is 6.54 Å². The maximum absolute atomic E-state index is 12.2. The molecule has 0 aliphatic carbocycles. The summed E-state index contributed by atoms with van der Waals surface area (Å²) in [5.74, 6) is -0.680. The number of rotatable bonds is 4. The maximum Gasteiger partial charge on any atom is 0.313 e. The van der Waals surface area contributed by atoms with Crippen molar-refractivity contribution in [3.8, 4) is 5.75 Å². The number of fused-ring (bicyclic) bond motifs is 1. The SMILES string of the molecule is CC1CCN(C(=O)CSCC(=O)O)c2c(O)cccc21. The quantitative estimate of drug-likeness (QED) is 0.889. The molecule has 108 valence electrons. The number of hydrogen-bond donors (Lipinski definition) is 2. The molecule has 5 nitrogen and oxygen atoms in total. The normalized spacial score (nSPS) is 17.6. The van der Waals surface area contributed by atoms with E-state index in [0.29, 0.717) is 18.2 Å². The van der Waals surface area contributed by atoms with E-state index in [1.165, 1.54) is 0 Å². The fourth-order valence-corrected chi connectivity index (χ4v) is 2.99. The van der Waals surface area contributed by atoms with Crippen molar-refractivity contribution in [1.82, 2.24) is 0 Å². The lowest BCUT2D eigenvalue weighted by Crippen LogP contribution is -2.37. The molecule has 1 heterocycles. The number of para-hydroxylation sites is 1. The molecule has 1 unspecified atom stereocenters. The van der Waals surface area contributed by atoms with Crippen LogP contribution in [0.2, 0.25) is 0 Å². The van der Waals surface area contributed by atoms with Crippen LogP contribution in [0.3, 0.4) is 0 Å². The van der Waals surface area contributed by atoms with Crippen molar-refractivity contribution in [1.29, 1.82) is 0 Å². The van der Waals surface area contributed by atoms with Crippen LogP contribution in [0, 0.1) is 0 Å².